The second-order valence-electron chi connectivity index (χ2n) is 8.26. The molecule has 1 amide bonds. The number of nitrogens with one attached hydrogen (secondary N) is 1. The van der Waals surface area contributed by atoms with Gasteiger partial charge in [0.25, 0.3) is 0 Å². The lowest BCUT2D eigenvalue weighted by Gasteiger charge is -2.18. The topological polar surface area (TPSA) is 66.5 Å². The molecule has 34 heavy (non-hydrogen) atoms. The van der Waals surface area contributed by atoms with Gasteiger partial charge in [-0.05, 0) is 83.1 Å². The van der Waals surface area contributed by atoms with Crippen molar-refractivity contribution in [3.63, 3.8) is 0 Å². The number of aryl methyl sites for hydroxylation is 1. The first-order chi connectivity index (χ1) is 16.2. The zero-order chi connectivity index (χ0) is 24.0. The first-order valence-electron chi connectivity index (χ1n) is 10.6. The van der Waals surface area contributed by atoms with E-state index in [4.69, 9.17) is 11.6 Å². The molecule has 0 spiro atoms. The predicted octanol–water partition coefficient (Wildman–Crippen LogP) is 5.75. The van der Waals surface area contributed by atoms with Gasteiger partial charge in [0.15, 0.2) is 0 Å². The molecule has 1 aliphatic heterocycles. The summed E-state index contributed by atoms with van der Waals surface area (Å²) >= 11 is 7.52. The average molecular weight is 515 g/mol. The van der Waals surface area contributed by atoms with Crippen LogP contribution in [-0.2, 0) is 14.8 Å². The van der Waals surface area contributed by atoms with E-state index in [2.05, 4.69) is 4.72 Å². The molecule has 0 saturated carbocycles. The molecule has 9 heteroatoms. The Morgan fingerprint density at radius 2 is 1.82 bits per heavy atom. The van der Waals surface area contributed by atoms with Gasteiger partial charge in [0.2, 0.25) is 15.9 Å². The van der Waals surface area contributed by atoms with E-state index < -0.39 is 27.8 Å². The maximum Gasteiger partial charge on any atom is 0.245 e. The molecule has 1 fully saturated rings. The zero-order valence-electron chi connectivity index (χ0n) is 18.1. The van der Waals surface area contributed by atoms with E-state index in [9.17, 15) is 17.6 Å². The van der Waals surface area contributed by atoms with Crippen LogP contribution in [0.4, 0.5) is 10.1 Å². The molecular weight excluding hydrogens is 495 g/mol. The lowest BCUT2D eigenvalue weighted by Crippen LogP contribution is -2.41. The number of nitrogens with zero attached hydrogens (tertiary/aromatic N) is 1. The Morgan fingerprint density at radius 1 is 1.06 bits per heavy atom. The van der Waals surface area contributed by atoms with Gasteiger partial charge in [-0.1, -0.05) is 29.8 Å². The van der Waals surface area contributed by atoms with Crippen LogP contribution in [0, 0.1) is 12.7 Å². The number of hydrogen-bond acceptors (Lipinski definition) is 4. The maximum atomic E-state index is 14.9. The molecule has 0 aliphatic carbocycles. The molecule has 1 N–H and O–H groups in total. The van der Waals surface area contributed by atoms with E-state index in [1.807, 2.05) is 18.4 Å². The van der Waals surface area contributed by atoms with Crippen LogP contribution in [0.2, 0.25) is 5.02 Å². The SMILES string of the molecule is Cc1csc(-c2ccc(N3CCC(NS(=O)(=O)c4ccc5cc(Cl)ccc5c4)C3=O)c(F)c2)c1. The Hall–Kier alpha value is -2.78. The molecular formula is C25H20ClFN2O3S2. The Kier molecular flexibility index (Phi) is 5.93. The van der Waals surface area contributed by atoms with Crippen LogP contribution in [0.1, 0.15) is 12.0 Å². The number of thiophene rings is 1. The number of hydrogen-bond donors (Lipinski definition) is 1. The summed E-state index contributed by atoms with van der Waals surface area (Å²) in [6.45, 7) is 2.19. The van der Waals surface area contributed by atoms with E-state index >= 15 is 0 Å². The van der Waals surface area contributed by atoms with Crippen LogP contribution in [-0.4, -0.2) is 26.9 Å². The first-order valence-corrected chi connectivity index (χ1v) is 13.3. The summed E-state index contributed by atoms with van der Waals surface area (Å²) in [7, 11) is -3.96. The molecule has 1 atom stereocenters. The van der Waals surface area contributed by atoms with Gasteiger partial charge in [0, 0.05) is 16.4 Å². The number of amides is 1. The standard InChI is InChI=1S/C25H20ClFN2O3S2/c1-15-10-24(33-14-15)18-4-7-23(21(27)13-18)29-9-8-22(25(29)30)28-34(31,32)20-6-3-16-11-19(26)5-2-17(16)12-20/h2-7,10-14,22,28H,8-9H2,1H3. The molecule has 1 unspecified atom stereocenters. The molecule has 5 rings (SSSR count). The average Bonchev–Trinajstić information content (AvgIpc) is 3.39. The summed E-state index contributed by atoms with van der Waals surface area (Å²) in [4.78, 5) is 15.3. The zero-order valence-corrected chi connectivity index (χ0v) is 20.5. The second-order valence-corrected chi connectivity index (χ2v) is 11.3. The predicted molar refractivity (Wildman–Crippen MR) is 134 cm³/mol. The molecule has 2 heterocycles. The minimum absolute atomic E-state index is 0.0512. The fraction of sp³-hybridized carbons (Fsp3) is 0.160. The Labute approximate surface area is 205 Å². The highest BCUT2D eigenvalue weighted by atomic mass is 35.5. The van der Waals surface area contributed by atoms with E-state index in [-0.39, 0.29) is 23.5 Å². The normalized spacial score (nSPS) is 16.5. The van der Waals surface area contributed by atoms with E-state index in [0.717, 1.165) is 26.8 Å². The van der Waals surface area contributed by atoms with Crippen molar-refractivity contribution in [3.8, 4) is 10.4 Å². The van der Waals surface area contributed by atoms with Gasteiger partial charge in [-0.3, -0.25) is 4.79 Å². The Balaban J connectivity index is 1.35. The van der Waals surface area contributed by atoms with Gasteiger partial charge in [0.1, 0.15) is 11.9 Å². The number of rotatable bonds is 5. The molecule has 5 nitrogen and oxygen atoms in total. The lowest BCUT2D eigenvalue weighted by atomic mass is 10.1. The minimum Gasteiger partial charge on any atom is -0.308 e. The molecule has 1 aliphatic rings. The summed E-state index contributed by atoms with van der Waals surface area (Å²) in [5, 5.41) is 4.08. The first kappa shape index (κ1) is 23.0. The van der Waals surface area contributed by atoms with Crippen molar-refractivity contribution in [1.82, 2.24) is 4.72 Å². The van der Waals surface area contributed by atoms with Gasteiger partial charge < -0.3 is 4.90 Å². The van der Waals surface area contributed by atoms with Crippen molar-refractivity contribution in [1.29, 1.82) is 0 Å². The minimum atomic E-state index is -3.96. The fourth-order valence-electron chi connectivity index (χ4n) is 4.11. The van der Waals surface area contributed by atoms with Crippen molar-refractivity contribution in [3.05, 3.63) is 82.4 Å². The van der Waals surface area contributed by atoms with Crippen LogP contribution in [0.25, 0.3) is 21.2 Å². The number of anilines is 1. The van der Waals surface area contributed by atoms with Gasteiger partial charge in [-0.2, -0.15) is 4.72 Å². The van der Waals surface area contributed by atoms with Gasteiger partial charge in [0.05, 0.1) is 10.6 Å². The third-order valence-corrected chi connectivity index (χ3v) is 8.64. The summed E-state index contributed by atoms with van der Waals surface area (Å²) in [5.41, 5.74) is 1.98. The molecule has 174 valence electrons. The van der Waals surface area contributed by atoms with Crippen LogP contribution in [0.5, 0.6) is 0 Å². The molecule has 1 aromatic heterocycles. The molecule has 4 aromatic rings. The molecule has 1 saturated heterocycles. The number of carbonyl (C=O) groups is 1. The van der Waals surface area contributed by atoms with Crippen molar-refractivity contribution in [2.24, 2.45) is 0 Å². The largest absolute Gasteiger partial charge is 0.308 e. The molecule has 3 aromatic carbocycles. The van der Waals surface area contributed by atoms with E-state index in [0.29, 0.717) is 5.02 Å². The number of fused-ring (bicyclic) bond motifs is 1. The van der Waals surface area contributed by atoms with Crippen LogP contribution in [0.15, 0.2) is 70.9 Å². The van der Waals surface area contributed by atoms with Gasteiger partial charge >= 0.3 is 0 Å². The van der Waals surface area contributed by atoms with Gasteiger partial charge in [-0.25, -0.2) is 12.8 Å². The highest BCUT2D eigenvalue weighted by molar-refractivity contribution is 7.89. The summed E-state index contributed by atoms with van der Waals surface area (Å²) in [5.74, 6) is -0.997. The Morgan fingerprint density at radius 3 is 2.56 bits per heavy atom. The second kappa shape index (κ2) is 8.78. The maximum absolute atomic E-state index is 14.9. The lowest BCUT2D eigenvalue weighted by molar-refractivity contribution is -0.118. The Bertz CT molecular complexity index is 1530. The van der Waals surface area contributed by atoms with Crippen molar-refractivity contribution in [2.75, 3.05) is 11.4 Å². The monoisotopic (exact) mass is 514 g/mol. The van der Waals surface area contributed by atoms with E-state index in [1.54, 1.807) is 36.4 Å². The van der Waals surface area contributed by atoms with Crippen LogP contribution < -0.4 is 9.62 Å². The number of sulfonamides is 1. The smallest absolute Gasteiger partial charge is 0.245 e. The van der Waals surface area contributed by atoms with Crippen molar-refractivity contribution in [2.45, 2.75) is 24.3 Å². The number of benzene rings is 3. The quantitative estimate of drug-likeness (QED) is 0.368. The highest BCUT2D eigenvalue weighted by Gasteiger charge is 2.36. The number of carbonyl (C=O) groups excluding carboxylic acids is 1. The third kappa shape index (κ3) is 4.34. The van der Waals surface area contributed by atoms with Crippen LogP contribution in [0.3, 0.4) is 0 Å². The molecule has 0 radical (unpaired) electrons. The number of halogens is 2. The van der Waals surface area contributed by atoms with E-state index in [1.165, 1.54) is 34.4 Å². The summed E-state index contributed by atoms with van der Waals surface area (Å²) < 4.78 is 43.4. The molecule has 0 bridgehead atoms. The summed E-state index contributed by atoms with van der Waals surface area (Å²) in [6, 6.07) is 15.6. The highest BCUT2D eigenvalue weighted by Crippen LogP contribution is 2.32. The van der Waals surface area contributed by atoms with Crippen molar-refractivity contribution >= 4 is 55.3 Å². The van der Waals surface area contributed by atoms with Gasteiger partial charge in [-0.15, -0.1) is 11.3 Å². The van der Waals surface area contributed by atoms with Crippen molar-refractivity contribution < 1.29 is 17.6 Å². The van der Waals surface area contributed by atoms with Crippen LogP contribution >= 0.6 is 22.9 Å². The fourth-order valence-corrected chi connectivity index (χ4v) is 6.44. The summed E-state index contributed by atoms with van der Waals surface area (Å²) in [6.07, 6.45) is 0.243. The third-order valence-electron chi connectivity index (χ3n) is 5.84.